The Morgan fingerprint density at radius 2 is 2.08 bits per heavy atom. The van der Waals surface area contributed by atoms with Gasteiger partial charge >= 0.3 is 0 Å². The summed E-state index contributed by atoms with van der Waals surface area (Å²) in [6.45, 7) is 5.73. The largest absolute Gasteiger partial charge is 0.378 e. The van der Waals surface area contributed by atoms with Crippen molar-refractivity contribution in [3.63, 3.8) is 0 Å². The number of ether oxygens (including phenoxy) is 1. The number of piperidine rings is 1. The van der Waals surface area contributed by atoms with E-state index in [1.165, 1.54) is 0 Å². The fourth-order valence-corrected chi connectivity index (χ4v) is 3.97. The van der Waals surface area contributed by atoms with Gasteiger partial charge in [-0.2, -0.15) is 5.10 Å². The molecule has 0 radical (unpaired) electrons. The summed E-state index contributed by atoms with van der Waals surface area (Å²) in [4.78, 5) is 12.9. The van der Waals surface area contributed by atoms with Crippen LogP contribution in [0.15, 0.2) is 24.3 Å². The van der Waals surface area contributed by atoms with Crippen LogP contribution in [0.1, 0.15) is 49.6 Å². The van der Waals surface area contributed by atoms with Gasteiger partial charge in [0.05, 0.1) is 18.7 Å². The molecule has 25 heavy (non-hydrogen) atoms. The van der Waals surface area contributed by atoms with Gasteiger partial charge in [-0.15, -0.1) is 0 Å². The van der Waals surface area contributed by atoms with E-state index in [0.717, 1.165) is 43.4 Å². The SMILES string of the molecule is CC[C@H](C)n1nc(C(=O)N[C@H]2C[C@H]3COC[C@@H](C2)N3)c2ccccc21. The molecule has 6 heteroatoms. The van der Waals surface area contributed by atoms with Gasteiger partial charge in [-0.1, -0.05) is 25.1 Å². The van der Waals surface area contributed by atoms with Gasteiger partial charge in [-0.25, -0.2) is 0 Å². The van der Waals surface area contributed by atoms with E-state index in [9.17, 15) is 4.79 Å². The van der Waals surface area contributed by atoms with Gasteiger partial charge in [0, 0.05) is 29.6 Å². The third kappa shape index (κ3) is 3.16. The average Bonchev–Trinajstić information content (AvgIpc) is 3.00. The van der Waals surface area contributed by atoms with Crippen molar-refractivity contribution in [3.05, 3.63) is 30.0 Å². The quantitative estimate of drug-likeness (QED) is 0.894. The molecule has 2 N–H and O–H groups in total. The number of rotatable bonds is 4. The van der Waals surface area contributed by atoms with Crippen LogP contribution in [0.5, 0.6) is 0 Å². The molecule has 0 unspecified atom stereocenters. The molecule has 0 saturated carbocycles. The van der Waals surface area contributed by atoms with E-state index in [1.54, 1.807) is 0 Å². The van der Waals surface area contributed by atoms with Crippen LogP contribution in [0.4, 0.5) is 0 Å². The minimum absolute atomic E-state index is 0.0656. The summed E-state index contributed by atoms with van der Waals surface area (Å²) in [6.07, 6.45) is 2.79. The number of para-hydroxylation sites is 1. The lowest BCUT2D eigenvalue weighted by Crippen LogP contribution is -2.58. The fourth-order valence-electron chi connectivity index (χ4n) is 3.97. The van der Waals surface area contributed by atoms with Crippen LogP contribution in [0, 0.1) is 0 Å². The molecule has 0 aliphatic carbocycles. The van der Waals surface area contributed by atoms with Gasteiger partial charge in [0.2, 0.25) is 0 Å². The molecule has 2 bridgehead atoms. The number of carbonyl (C=O) groups is 1. The average molecular weight is 342 g/mol. The van der Waals surface area contributed by atoms with Crippen LogP contribution in [0.3, 0.4) is 0 Å². The van der Waals surface area contributed by atoms with E-state index in [0.29, 0.717) is 17.8 Å². The van der Waals surface area contributed by atoms with Crippen molar-refractivity contribution < 1.29 is 9.53 Å². The first-order valence-electron chi connectivity index (χ1n) is 9.27. The molecule has 0 spiro atoms. The maximum atomic E-state index is 12.9. The second-order valence-electron chi connectivity index (χ2n) is 7.31. The molecule has 1 aromatic heterocycles. The van der Waals surface area contributed by atoms with Crippen LogP contribution in [0.25, 0.3) is 10.9 Å². The summed E-state index contributed by atoms with van der Waals surface area (Å²) in [5.41, 5.74) is 1.56. The molecule has 2 aliphatic rings. The summed E-state index contributed by atoms with van der Waals surface area (Å²) in [5, 5.41) is 12.4. The van der Waals surface area contributed by atoms with E-state index in [4.69, 9.17) is 4.74 Å². The first-order valence-corrected chi connectivity index (χ1v) is 9.27. The Kier molecular flexibility index (Phi) is 4.48. The van der Waals surface area contributed by atoms with Crippen molar-refractivity contribution in [2.45, 2.75) is 57.3 Å². The van der Waals surface area contributed by atoms with E-state index in [2.05, 4.69) is 29.6 Å². The number of nitrogens with one attached hydrogen (secondary N) is 2. The van der Waals surface area contributed by atoms with E-state index >= 15 is 0 Å². The lowest BCUT2D eigenvalue weighted by Gasteiger charge is -2.40. The Labute approximate surface area is 147 Å². The Bertz CT molecular complexity index is 760. The van der Waals surface area contributed by atoms with Crippen LogP contribution in [-0.2, 0) is 4.74 Å². The first-order chi connectivity index (χ1) is 12.2. The summed E-state index contributed by atoms with van der Waals surface area (Å²) < 4.78 is 7.56. The molecule has 1 aromatic carbocycles. The van der Waals surface area contributed by atoms with Gasteiger partial charge in [0.1, 0.15) is 0 Å². The number of hydrogen-bond donors (Lipinski definition) is 2. The first kappa shape index (κ1) is 16.5. The van der Waals surface area contributed by atoms with E-state index < -0.39 is 0 Å². The molecule has 2 fully saturated rings. The molecule has 4 atom stereocenters. The number of aromatic nitrogens is 2. The minimum atomic E-state index is -0.0656. The zero-order chi connectivity index (χ0) is 17.4. The lowest BCUT2D eigenvalue weighted by molar-refractivity contribution is 0.0148. The van der Waals surface area contributed by atoms with Crippen LogP contribution in [-0.4, -0.2) is 47.0 Å². The summed E-state index contributed by atoms with van der Waals surface area (Å²) in [5.74, 6) is -0.0656. The maximum absolute atomic E-state index is 12.9. The number of carbonyl (C=O) groups excluding carboxylic acids is 1. The number of amides is 1. The third-order valence-electron chi connectivity index (χ3n) is 5.42. The predicted octanol–water partition coefficient (Wildman–Crippen LogP) is 2.26. The van der Waals surface area contributed by atoms with Crippen molar-refractivity contribution in [2.75, 3.05) is 13.2 Å². The van der Waals surface area contributed by atoms with E-state index in [1.807, 2.05) is 28.9 Å². The lowest BCUT2D eigenvalue weighted by atomic mass is 9.92. The highest BCUT2D eigenvalue weighted by atomic mass is 16.5. The summed E-state index contributed by atoms with van der Waals surface area (Å²) >= 11 is 0. The van der Waals surface area contributed by atoms with Crippen LogP contribution < -0.4 is 10.6 Å². The molecule has 1 amide bonds. The van der Waals surface area contributed by atoms with Crippen molar-refractivity contribution >= 4 is 16.8 Å². The van der Waals surface area contributed by atoms with Gasteiger partial charge in [0.15, 0.2) is 5.69 Å². The van der Waals surface area contributed by atoms with Gasteiger partial charge in [-0.3, -0.25) is 9.48 Å². The summed E-state index contributed by atoms with van der Waals surface area (Å²) in [7, 11) is 0. The molecule has 3 heterocycles. The standard InChI is InChI=1S/C19H26N4O2/c1-3-12(2)23-17-7-5-4-6-16(17)18(22-23)19(24)21-13-8-14-10-25-11-15(9-13)20-14/h4-7,12-15,20H,3,8-11H2,1-2H3,(H,21,24)/t12-,13-,14-,15+/m0/s1. The number of morpholine rings is 1. The van der Waals surface area contributed by atoms with Crippen molar-refractivity contribution in [2.24, 2.45) is 0 Å². The molecule has 4 rings (SSSR count). The topological polar surface area (TPSA) is 68.2 Å². The third-order valence-corrected chi connectivity index (χ3v) is 5.42. The Morgan fingerprint density at radius 3 is 2.80 bits per heavy atom. The molecule has 2 saturated heterocycles. The van der Waals surface area contributed by atoms with E-state index in [-0.39, 0.29) is 18.0 Å². The Hall–Kier alpha value is -1.92. The highest BCUT2D eigenvalue weighted by Crippen LogP contribution is 2.24. The van der Waals surface area contributed by atoms with Crippen LogP contribution >= 0.6 is 0 Å². The second-order valence-corrected chi connectivity index (χ2v) is 7.31. The minimum Gasteiger partial charge on any atom is -0.378 e. The number of benzene rings is 1. The van der Waals surface area contributed by atoms with Crippen molar-refractivity contribution in [1.82, 2.24) is 20.4 Å². The Balaban J connectivity index is 1.58. The maximum Gasteiger partial charge on any atom is 0.272 e. The van der Waals surface area contributed by atoms with Crippen molar-refractivity contribution in [3.8, 4) is 0 Å². The normalized spacial score (nSPS) is 27.2. The van der Waals surface area contributed by atoms with Crippen molar-refractivity contribution in [1.29, 1.82) is 0 Å². The van der Waals surface area contributed by atoms with Gasteiger partial charge < -0.3 is 15.4 Å². The molecule has 6 nitrogen and oxygen atoms in total. The number of fused-ring (bicyclic) bond motifs is 3. The van der Waals surface area contributed by atoms with Gasteiger partial charge in [-0.05, 0) is 32.3 Å². The molecule has 2 aromatic rings. The monoisotopic (exact) mass is 342 g/mol. The highest BCUT2D eigenvalue weighted by molar-refractivity contribution is 6.05. The fraction of sp³-hybridized carbons (Fsp3) is 0.579. The molecule has 134 valence electrons. The molecular weight excluding hydrogens is 316 g/mol. The second kappa shape index (κ2) is 6.77. The predicted molar refractivity (Wildman–Crippen MR) is 96.8 cm³/mol. The zero-order valence-corrected chi connectivity index (χ0v) is 14.9. The molecular formula is C19H26N4O2. The zero-order valence-electron chi connectivity index (χ0n) is 14.9. The Morgan fingerprint density at radius 1 is 1.36 bits per heavy atom. The smallest absolute Gasteiger partial charge is 0.272 e. The number of hydrogen-bond acceptors (Lipinski definition) is 4. The van der Waals surface area contributed by atoms with Gasteiger partial charge in [0.25, 0.3) is 5.91 Å². The molecule has 2 aliphatic heterocycles. The summed E-state index contributed by atoms with van der Waals surface area (Å²) in [6, 6.07) is 9.12. The highest BCUT2D eigenvalue weighted by Gasteiger charge is 2.33. The number of nitrogens with zero attached hydrogens (tertiary/aromatic N) is 2. The van der Waals surface area contributed by atoms with Crippen LogP contribution in [0.2, 0.25) is 0 Å².